The van der Waals surface area contributed by atoms with Crippen LogP contribution in [0.4, 0.5) is 11.4 Å². The highest BCUT2D eigenvalue weighted by atomic mass is 16.5. The van der Waals surface area contributed by atoms with Crippen molar-refractivity contribution in [3.8, 4) is 0 Å². The molecule has 0 unspecified atom stereocenters. The summed E-state index contributed by atoms with van der Waals surface area (Å²) in [6.45, 7) is 10.9. The molecule has 0 bridgehead atoms. The van der Waals surface area contributed by atoms with E-state index in [9.17, 15) is 9.59 Å². The quantitative estimate of drug-likeness (QED) is 0.754. The Labute approximate surface area is 163 Å². The molecular formula is C21H35N3O3. The molecule has 0 spiro atoms. The first-order valence-electron chi connectivity index (χ1n) is 9.36. The molecule has 0 aliphatic rings. The molecule has 1 aromatic carbocycles. The number of rotatable bonds is 8. The molecule has 0 saturated carbocycles. The van der Waals surface area contributed by atoms with Crippen LogP contribution in [-0.4, -0.2) is 51.1 Å². The Hall–Kier alpha value is -2.08. The molecule has 0 atom stereocenters. The minimum absolute atomic E-state index is 0.0273. The van der Waals surface area contributed by atoms with Gasteiger partial charge >= 0.3 is 0 Å². The summed E-state index contributed by atoms with van der Waals surface area (Å²) in [7, 11) is 5.57. The van der Waals surface area contributed by atoms with Crippen LogP contribution in [0.1, 0.15) is 40.2 Å². The summed E-state index contributed by atoms with van der Waals surface area (Å²) >= 11 is 0. The van der Waals surface area contributed by atoms with Crippen molar-refractivity contribution in [2.45, 2.75) is 41.2 Å². The summed E-state index contributed by atoms with van der Waals surface area (Å²) in [5.74, 6) is -0.0518. The van der Waals surface area contributed by atoms with Gasteiger partial charge in [-0.2, -0.15) is 0 Å². The number of hydrogen-bond acceptors (Lipinski definition) is 4. The third-order valence-corrected chi connectivity index (χ3v) is 4.21. The summed E-state index contributed by atoms with van der Waals surface area (Å²) < 4.78 is 5.19. The Kier molecular flexibility index (Phi) is 8.28. The second-order valence-electron chi connectivity index (χ2n) is 8.35. The van der Waals surface area contributed by atoms with Gasteiger partial charge in [0.05, 0.1) is 6.61 Å². The van der Waals surface area contributed by atoms with Gasteiger partial charge in [0.2, 0.25) is 11.8 Å². The number of nitrogens with one attached hydrogen (secondary N) is 1. The molecule has 1 aromatic rings. The van der Waals surface area contributed by atoms with E-state index in [1.54, 1.807) is 7.11 Å². The number of hydrogen-bond donors (Lipinski definition) is 1. The predicted octanol–water partition coefficient (Wildman–Crippen LogP) is 3.37. The van der Waals surface area contributed by atoms with E-state index in [4.69, 9.17) is 4.74 Å². The van der Waals surface area contributed by atoms with Crippen LogP contribution in [-0.2, 0) is 20.9 Å². The fourth-order valence-electron chi connectivity index (χ4n) is 2.65. The molecule has 0 aliphatic carbocycles. The monoisotopic (exact) mass is 377 g/mol. The molecule has 0 aromatic heterocycles. The van der Waals surface area contributed by atoms with Crippen LogP contribution in [0.5, 0.6) is 0 Å². The first kappa shape index (κ1) is 23.0. The summed E-state index contributed by atoms with van der Waals surface area (Å²) in [6.07, 6.45) is 0. The molecule has 0 fully saturated rings. The van der Waals surface area contributed by atoms with Crippen LogP contribution < -0.4 is 10.2 Å². The highest BCUT2D eigenvalue weighted by molar-refractivity contribution is 5.92. The van der Waals surface area contributed by atoms with E-state index < -0.39 is 5.41 Å². The van der Waals surface area contributed by atoms with E-state index in [0.29, 0.717) is 19.7 Å². The molecule has 1 rings (SSSR count). The fraction of sp³-hybridized carbons (Fsp3) is 0.619. The van der Waals surface area contributed by atoms with Crippen molar-refractivity contribution in [1.29, 1.82) is 0 Å². The average molecular weight is 378 g/mol. The fourth-order valence-corrected chi connectivity index (χ4v) is 2.65. The Bertz CT molecular complexity index is 649. The van der Waals surface area contributed by atoms with Gasteiger partial charge in [-0.15, -0.1) is 0 Å². The van der Waals surface area contributed by atoms with Crippen molar-refractivity contribution in [2.24, 2.45) is 11.3 Å². The van der Waals surface area contributed by atoms with Gasteiger partial charge in [0, 0.05) is 57.0 Å². The van der Waals surface area contributed by atoms with Gasteiger partial charge in [-0.05, 0) is 23.8 Å². The van der Waals surface area contributed by atoms with Crippen molar-refractivity contribution in [1.82, 2.24) is 4.90 Å². The predicted molar refractivity (Wildman–Crippen MR) is 111 cm³/mol. The van der Waals surface area contributed by atoms with Crippen molar-refractivity contribution >= 4 is 23.2 Å². The minimum atomic E-state index is -0.477. The summed E-state index contributed by atoms with van der Waals surface area (Å²) in [5.41, 5.74) is 2.26. The third kappa shape index (κ3) is 6.86. The van der Waals surface area contributed by atoms with Gasteiger partial charge < -0.3 is 19.9 Å². The number of anilines is 2. The van der Waals surface area contributed by atoms with E-state index in [-0.39, 0.29) is 17.7 Å². The number of ether oxygens (including phenoxy) is 1. The van der Waals surface area contributed by atoms with E-state index in [1.807, 2.05) is 76.7 Å². The summed E-state index contributed by atoms with van der Waals surface area (Å²) in [6, 6.07) is 5.82. The van der Waals surface area contributed by atoms with Crippen molar-refractivity contribution in [2.75, 3.05) is 44.6 Å². The Morgan fingerprint density at radius 1 is 1.19 bits per heavy atom. The summed E-state index contributed by atoms with van der Waals surface area (Å²) in [5, 5.41) is 2.94. The normalized spacial score (nSPS) is 11.4. The maximum Gasteiger partial charge on any atom is 0.228 e. The maximum absolute atomic E-state index is 12.9. The molecule has 6 heteroatoms. The van der Waals surface area contributed by atoms with Crippen LogP contribution in [0.3, 0.4) is 0 Å². The molecule has 0 aliphatic heterocycles. The topological polar surface area (TPSA) is 61.9 Å². The van der Waals surface area contributed by atoms with Crippen molar-refractivity contribution in [3.63, 3.8) is 0 Å². The zero-order chi connectivity index (χ0) is 20.8. The number of benzene rings is 1. The lowest BCUT2D eigenvalue weighted by molar-refractivity contribution is -0.140. The first-order valence-corrected chi connectivity index (χ1v) is 9.36. The SMILES string of the molecule is COCCN(Cc1cc(NC(=O)C(C)C)ccc1N(C)C)C(=O)C(C)(C)C. The molecule has 152 valence electrons. The molecular weight excluding hydrogens is 342 g/mol. The second-order valence-corrected chi connectivity index (χ2v) is 8.35. The maximum atomic E-state index is 12.9. The van der Waals surface area contributed by atoms with E-state index in [0.717, 1.165) is 16.9 Å². The largest absolute Gasteiger partial charge is 0.383 e. The molecule has 2 amide bonds. The number of nitrogens with zero attached hydrogens (tertiary/aromatic N) is 2. The van der Waals surface area contributed by atoms with Gasteiger partial charge in [0.15, 0.2) is 0 Å². The molecule has 27 heavy (non-hydrogen) atoms. The third-order valence-electron chi connectivity index (χ3n) is 4.21. The molecule has 1 N–H and O–H groups in total. The Morgan fingerprint density at radius 2 is 1.81 bits per heavy atom. The lowest BCUT2D eigenvalue weighted by Gasteiger charge is -2.31. The van der Waals surface area contributed by atoms with Crippen molar-refractivity contribution < 1.29 is 14.3 Å². The molecule has 6 nitrogen and oxygen atoms in total. The zero-order valence-electron chi connectivity index (χ0n) is 18.0. The van der Waals surface area contributed by atoms with E-state index in [2.05, 4.69) is 5.32 Å². The highest BCUT2D eigenvalue weighted by Gasteiger charge is 2.28. The van der Waals surface area contributed by atoms with Crippen LogP contribution >= 0.6 is 0 Å². The number of amides is 2. The van der Waals surface area contributed by atoms with Crippen LogP contribution in [0, 0.1) is 11.3 Å². The van der Waals surface area contributed by atoms with Gasteiger partial charge in [-0.1, -0.05) is 34.6 Å². The second kappa shape index (κ2) is 9.74. The van der Waals surface area contributed by atoms with Crippen LogP contribution in [0.25, 0.3) is 0 Å². The van der Waals surface area contributed by atoms with Gasteiger partial charge in [0.25, 0.3) is 0 Å². The first-order chi connectivity index (χ1) is 12.5. The zero-order valence-corrected chi connectivity index (χ0v) is 18.0. The lowest BCUT2D eigenvalue weighted by Crippen LogP contribution is -2.41. The standard InChI is InChI=1S/C21H35N3O3/c1-15(2)19(25)22-17-9-10-18(23(6)7)16(13-17)14-24(11-12-27-8)20(26)21(3,4)5/h9-10,13,15H,11-12,14H2,1-8H3,(H,22,25). The highest BCUT2D eigenvalue weighted by Crippen LogP contribution is 2.27. The molecule has 0 heterocycles. The molecule has 0 radical (unpaired) electrons. The lowest BCUT2D eigenvalue weighted by atomic mass is 9.94. The minimum Gasteiger partial charge on any atom is -0.383 e. The average Bonchev–Trinajstić information content (AvgIpc) is 2.56. The van der Waals surface area contributed by atoms with E-state index >= 15 is 0 Å². The van der Waals surface area contributed by atoms with Crippen LogP contribution in [0.15, 0.2) is 18.2 Å². The van der Waals surface area contributed by atoms with Gasteiger partial charge in [-0.3, -0.25) is 9.59 Å². The Morgan fingerprint density at radius 3 is 2.30 bits per heavy atom. The number of methoxy groups -OCH3 is 1. The van der Waals surface area contributed by atoms with E-state index in [1.165, 1.54) is 0 Å². The number of carbonyl (C=O) groups is 2. The Balaban J connectivity index is 3.20. The van der Waals surface area contributed by atoms with Crippen LogP contribution in [0.2, 0.25) is 0 Å². The number of carbonyl (C=O) groups excluding carboxylic acids is 2. The van der Waals surface area contributed by atoms with Gasteiger partial charge in [-0.25, -0.2) is 0 Å². The summed E-state index contributed by atoms with van der Waals surface area (Å²) in [4.78, 5) is 28.8. The van der Waals surface area contributed by atoms with Crippen molar-refractivity contribution in [3.05, 3.63) is 23.8 Å². The smallest absolute Gasteiger partial charge is 0.228 e. The van der Waals surface area contributed by atoms with Gasteiger partial charge in [0.1, 0.15) is 0 Å². The molecule has 0 saturated heterocycles.